The molecule has 12 heteroatoms. The van der Waals surface area contributed by atoms with E-state index >= 15 is 0 Å². The summed E-state index contributed by atoms with van der Waals surface area (Å²) in [5.74, 6) is 1.63. The number of carbonyl (C=O) groups excluding carboxylic acids is 1. The first-order chi connectivity index (χ1) is 19.4. The van der Waals surface area contributed by atoms with Gasteiger partial charge in [0, 0.05) is 44.7 Å². The van der Waals surface area contributed by atoms with Crippen LogP contribution in [-0.4, -0.2) is 101 Å². The van der Waals surface area contributed by atoms with Gasteiger partial charge in [-0.25, -0.2) is 13.8 Å². The highest BCUT2D eigenvalue weighted by atomic mass is 19.3. The summed E-state index contributed by atoms with van der Waals surface area (Å²) in [7, 11) is 2.13. The van der Waals surface area contributed by atoms with Crippen LogP contribution in [0.1, 0.15) is 37.9 Å². The van der Waals surface area contributed by atoms with Crippen LogP contribution in [0.4, 0.5) is 20.5 Å². The molecule has 6 rings (SSSR count). The molecule has 1 atom stereocenters. The number of imidazole rings is 1. The van der Waals surface area contributed by atoms with E-state index in [0.717, 1.165) is 32.4 Å². The summed E-state index contributed by atoms with van der Waals surface area (Å²) in [6.07, 6.45) is 0.750. The van der Waals surface area contributed by atoms with Gasteiger partial charge < -0.3 is 24.8 Å². The minimum absolute atomic E-state index is 0.0100. The largest absolute Gasteiger partial charge is 0.378 e. The molecular formula is C28H36F2N8O2. The Kier molecular flexibility index (Phi) is 7.79. The van der Waals surface area contributed by atoms with Crippen molar-refractivity contribution in [2.75, 3.05) is 69.7 Å². The number of aromatic nitrogens is 4. The molecule has 0 aliphatic carbocycles. The molecule has 0 bridgehead atoms. The molecule has 1 aromatic carbocycles. The van der Waals surface area contributed by atoms with E-state index in [2.05, 4.69) is 22.2 Å². The molecule has 3 aliphatic rings. The molecule has 3 saturated heterocycles. The number of benzene rings is 1. The molecule has 10 nitrogen and oxygen atoms in total. The molecule has 5 heterocycles. The van der Waals surface area contributed by atoms with Gasteiger partial charge >= 0.3 is 0 Å². The number of para-hydroxylation sites is 2. The second-order valence-corrected chi connectivity index (χ2v) is 11.0. The lowest BCUT2D eigenvalue weighted by atomic mass is 9.93. The Balaban J connectivity index is 1.24. The van der Waals surface area contributed by atoms with Crippen molar-refractivity contribution in [3.8, 4) is 5.82 Å². The number of hydrogen-bond donors (Lipinski definition) is 1. The molecule has 3 aromatic rings. The van der Waals surface area contributed by atoms with Gasteiger partial charge in [0.25, 0.3) is 6.43 Å². The van der Waals surface area contributed by atoms with Gasteiger partial charge in [0.1, 0.15) is 11.6 Å². The molecule has 0 spiro atoms. The first-order valence-electron chi connectivity index (χ1n) is 14.1. The second kappa shape index (κ2) is 11.6. The van der Waals surface area contributed by atoms with Gasteiger partial charge in [-0.05, 0) is 57.5 Å². The van der Waals surface area contributed by atoms with Crippen LogP contribution in [0.15, 0.2) is 30.3 Å². The maximum Gasteiger partial charge on any atom is 0.296 e. The number of hydrogen-bond acceptors (Lipinski definition) is 8. The van der Waals surface area contributed by atoms with Crippen molar-refractivity contribution in [1.29, 1.82) is 0 Å². The predicted octanol–water partition coefficient (Wildman–Crippen LogP) is 3.33. The van der Waals surface area contributed by atoms with Crippen molar-refractivity contribution in [2.45, 2.75) is 38.2 Å². The van der Waals surface area contributed by atoms with E-state index in [4.69, 9.17) is 14.7 Å². The molecule has 0 saturated carbocycles. The van der Waals surface area contributed by atoms with Gasteiger partial charge in [0.15, 0.2) is 5.82 Å². The number of halogens is 2. The fourth-order valence-electron chi connectivity index (χ4n) is 5.90. The Morgan fingerprint density at radius 2 is 1.82 bits per heavy atom. The minimum atomic E-state index is -2.77. The third kappa shape index (κ3) is 5.73. The molecule has 3 aliphatic heterocycles. The fourth-order valence-corrected chi connectivity index (χ4v) is 5.90. The number of ether oxygens (including phenoxy) is 1. The molecule has 0 radical (unpaired) electrons. The van der Waals surface area contributed by atoms with E-state index in [1.54, 1.807) is 30.3 Å². The van der Waals surface area contributed by atoms with Crippen molar-refractivity contribution < 1.29 is 18.3 Å². The van der Waals surface area contributed by atoms with Gasteiger partial charge in [-0.3, -0.25) is 9.36 Å². The Morgan fingerprint density at radius 3 is 2.60 bits per heavy atom. The molecule has 2 aromatic heterocycles. The van der Waals surface area contributed by atoms with Crippen LogP contribution in [-0.2, 0) is 9.53 Å². The molecular weight excluding hydrogens is 518 g/mol. The van der Waals surface area contributed by atoms with Crippen LogP contribution in [0.3, 0.4) is 0 Å². The zero-order chi connectivity index (χ0) is 27.6. The van der Waals surface area contributed by atoms with Crippen molar-refractivity contribution in [3.63, 3.8) is 0 Å². The van der Waals surface area contributed by atoms with Crippen molar-refractivity contribution >= 4 is 28.7 Å². The number of nitrogens with one attached hydrogen (secondary N) is 1. The van der Waals surface area contributed by atoms with E-state index in [0.29, 0.717) is 80.3 Å². The number of rotatable bonds is 7. The summed E-state index contributed by atoms with van der Waals surface area (Å²) in [4.78, 5) is 33.0. The second-order valence-electron chi connectivity index (χ2n) is 11.0. The summed E-state index contributed by atoms with van der Waals surface area (Å²) in [5, 5.41) is 3.48. The average molecular weight is 555 g/mol. The number of morpholine rings is 1. The summed E-state index contributed by atoms with van der Waals surface area (Å²) >= 11 is 0. The van der Waals surface area contributed by atoms with Crippen molar-refractivity contribution in [3.05, 3.63) is 36.2 Å². The number of piperidine rings is 1. The third-order valence-electron chi connectivity index (χ3n) is 8.20. The lowest BCUT2D eigenvalue weighted by molar-refractivity contribution is -0.131. The van der Waals surface area contributed by atoms with Crippen LogP contribution in [0, 0.1) is 5.92 Å². The monoisotopic (exact) mass is 554 g/mol. The van der Waals surface area contributed by atoms with Crippen LogP contribution in [0.2, 0.25) is 0 Å². The SMILES string of the molecule is CN1CCC(CC(=O)N2CC[C@H](Nc3cc(-n4c(C(F)F)nc5ccccc54)nc(N4CCOCC4)n3)C2)CC1. The lowest BCUT2D eigenvalue weighted by Gasteiger charge is -2.29. The first kappa shape index (κ1) is 26.8. The Labute approximate surface area is 232 Å². The molecule has 1 N–H and O–H groups in total. The Hall–Kier alpha value is -3.38. The summed E-state index contributed by atoms with van der Waals surface area (Å²) < 4.78 is 35.2. The molecule has 40 heavy (non-hydrogen) atoms. The van der Waals surface area contributed by atoms with Crippen LogP contribution in [0.25, 0.3) is 16.9 Å². The predicted molar refractivity (Wildman–Crippen MR) is 148 cm³/mol. The number of likely N-dealkylation sites (tertiary alicyclic amines) is 2. The van der Waals surface area contributed by atoms with Gasteiger partial charge in [-0.15, -0.1) is 0 Å². The number of nitrogens with zero attached hydrogens (tertiary/aromatic N) is 7. The van der Waals surface area contributed by atoms with Crippen molar-refractivity contribution in [2.24, 2.45) is 5.92 Å². The third-order valence-corrected chi connectivity index (χ3v) is 8.20. The zero-order valence-electron chi connectivity index (χ0n) is 22.8. The maximum atomic E-state index is 14.1. The van der Waals surface area contributed by atoms with E-state index in [1.807, 2.05) is 9.80 Å². The number of carbonyl (C=O) groups is 1. The fraction of sp³-hybridized carbons (Fsp3) is 0.571. The molecule has 3 fully saturated rings. The normalized spacial score (nSPS) is 21.1. The van der Waals surface area contributed by atoms with E-state index < -0.39 is 6.43 Å². The number of fused-ring (bicyclic) bond motifs is 1. The van der Waals surface area contributed by atoms with Gasteiger partial charge in [-0.2, -0.15) is 9.97 Å². The van der Waals surface area contributed by atoms with Gasteiger partial charge in [0.2, 0.25) is 11.9 Å². The van der Waals surface area contributed by atoms with Crippen molar-refractivity contribution in [1.82, 2.24) is 29.3 Å². The minimum Gasteiger partial charge on any atom is -0.378 e. The topological polar surface area (TPSA) is 91.7 Å². The quantitative estimate of drug-likeness (QED) is 0.476. The highest BCUT2D eigenvalue weighted by molar-refractivity contribution is 5.78. The average Bonchev–Trinajstić information content (AvgIpc) is 3.60. The molecule has 214 valence electrons. The van der Waals surface area contributed by atoms with Crippen LogP contribution in [0.5, 0.6) is 0 Å². The van der Waals surface area contributed by atoms with Gasteiger partial charge in [-0.1, -0.05) is 12.1 Å². The maximum absolute atomic E-state index is 14.1. The van der Waals surface area contributed by atoms with Crippen LogP contribution < -0.4 is 10.2 Å². The smallest absolute Gasteiger partial charge is 0.296 e. The summed E-state index contributed by atoms with van der Waals surface area (Å²) in [6, 6.07) is 8.78. The molecule has 0 unspecified atom stereocenters. The van der Waals surface area contributed by atoms with Gasteiger partial charge in [0.05, 0.1) is 24.2 Å². The van der Waals surface area contributed by atoms with E-state index in [1.165, 1.54) is 4.57 Å². The van der Waals surface area contributed by atoms with E-state index in [-0.39, 0.29) is 17.8 Å². The molecule has 1 amide bonds. The number of alkyl halides is 2. The zero-order valence-corrected chi connectivity index (χ0v) is 22.8. The summed E-state index contributed by atoms with van der Waals surface area (Å²) in [6.45, 7) is 5.68. The first-order valence-corrected chi connectivity index (χ1v) is 14.1. The Bertz CT molecular complexity index is 1340. The summed E-state index contributed by atoms with van der Waals surface area (Å²) in [5.41, 5.74) is 1.04. The highest BCUT2D eigenvalue weighted by Gasteiger charge is 2.30. The Morgan fingerprint density at radius 1 is 1.05 bits per heavy atom. The highest BCUT2D eigenvalue weighted by Crippen LogP contribution is 2.30. The van der Waals surface area contributed by atoms with E-state index in [9.17, 15) is 13.6 Å². The number of anilines is 2. The standard InChI is InChI=1S/C28H36F2N8O2/c1-35-9-6-19(7-10-35)16-25(39)37-11-8-20(18-37)31-23-17-24(34-28(33-23)36-12-14-40-15-13-36)38-22-5-3-2-4-21(22)32-27(38)26(29)30/h2-5,17,19-20,26H,6-16,18H2,1H3,(H,31,33,34)/t20-/m0/s1. The number of amides is 1. The lowest BCUT2D eigenvalue weighted by Crippen LogP contribution is -2.38. The van der Waals surface area contributed by atoms with Crippen LogP contribution >= 0.6 is 0 Å².